The highest BCUT2D eigenvalue weighted by Crippen LogP contribution is 2.18. The number of aromatic nitrogens is 1. The van der Waals surface area contributed by atoms with Crippen LogP contribution in [-0.2, 0) is 0 Å². The first-order chi connectivity index (χ1) is 9.06. The average Bonchev–Trinajstić information content (AvgIpc) is 2.77. The van der Waals surface area contributed by atoms with Gasteiger partial charge in [-0.3, -0.25) is 4.79 Å². The Kier molecular flexibility index (Phi) is 3.85. The summed E-state index contributed by atoms with van der Waals surface area (Å²) in [5.74, 6) is 0.680. The molecule has 19 heavy (non-hydrogen) atoms. The summed E-state index contributed by atoms with van der Waals surface area (Å²) in [6.07, 6.45) is 1.63. The molecule has 1 amide bonds. The fourth-order valence-electron chi connectivity index (χ4n) is 1.59. The highest BCUT2D eigenvalue weighted by Gasteiger charge is 2.14. The summed E-state index contributed by atoms with van der Waals surface area (Å²) in [7, 11) is 0. The molecule has 0 saturated carbocycles. The molecule has 1 N–H and O–H groups in total. The Balaban J connectivity index is 2.04. The molecule has 0 aliphatic rings. The molecule has 0 unspecified atom stereocenters. The van der Waals surface area contributed by atoms with E-state index in [-0.39, 0.29) is 17.8 Å². The Morgan fingerprint density at radius 3 is 2.53 bits per heavy atom. The van der Waals surface area contributed by atoms with E-state index in [0.29, 0.717) is 11.3 Å². The topological polar surface area (TPSA) is 64.4 Å². The number of aryl methyl sites for hydroxylation is 1. The van der Waals surface area contributed by atoms with Crippen LogP contribution in [0.5, 0.6) is 5.75 Å². The van der Waals surface area contributed by atoms with Gasteiger partial charge in [0.05, 0.1) is 12.3 Å². The largest absolute Gasteiger partial charge is 0.491 e. The van der Waals surface area contributed by atoms with E-state index >= 15 is 0 Å². The van der Waals surface area contributed by atoms with Crippen molar-refractivity contribution in [3.63, 3.8) is 0 Å². The number of benzene rings is 1. The summed E-state index contributed by atoms with van der Waals surface area (Å²) in [5.41, 5.74) is 1.38. The molecule has 2 rings (SSSR count). The van der Waals surface area contributed by atoms with Gasteiger partial charge in [0.25, 0.3) is 5.91 Å². The minimum atomic E-state index is -0.312. The first-order valence-corrected chi connectivity index (χ1v) is 6.05. The van der Waals surface area contributed by atoms with Crippen LogP contribution in [0.3, 0.4) is 0 Å². The maximum Gasteiger partial charge on any atom is 0.294 e. The second kappa shape index (κ2) is 5.56. The van der Waals surface area contributed by atoms with Crippen LogP contribution in [-0.4, -0.2) is 17.2 Å². The Bertz CT molecular complexity index is 558. The Hall–Kier alpha value is -2.30. The van der Waals surface area contributed by atoms with Crippen molar-refractivity contribution in [1.29, 1.82) is 0 Å². The molecular weight excluding hydrogens is 244 g/mol. The summed E-state index contributed by atoms with van der Waals surface area (Å²) in [5, 5.41) is 6.31. The minimum absolute atomic E-state index is 0.122. The molecule has 0 radical (unpaired) electrons. The third kappa shape index (κ3) is 3.34. The van der Waals surface area contributed by atoms with Crippen LogP contribution in [0.4, 0.5) is 5.69 Å². The van der Waals surface area contributed by atoms with Crippen molar-refractivity contribution in [3.8, 4) is 5.75 Å². The fraction of sp³-hybridized carbons (Fsp3) is 0.286. The first-order valence-electron chi connectivity index (χ1n) is 6.05. The fourth-order valence-corrected chi connectivity index (χ4v) is 1.59. The first kappa shape index (κ1) is 13.1. The molecule has 100 valence electrons. The van der Waals surface area contributed by atoms with Crippen molar-refractivity contribution in [2.45, 2.75) is 26.9 Å². The maximum atomic E-state index is 11.9. The van der Waals surface area contributed by atoms with Gasteiger partial charge in [0.1, 0.15) is 5.75 Å². The number of nitrogens with one attached hydrogen (secondary N) is 1. The van der Waals surface area contributed by atoms with Gasteiger partial charge in [0.2, 0.25) is 5.76 Å². The van der Waals surface area contributed by atoms with Crippen molar-refractivity contribution in [3.05, 3.63) is 41.8 Å². The lowest BCUT2D eigenvalue weighted by Crippen LogP contribution is -2.12. The summed E-state index contributed by atoms with van der Waals surface area (Å²) >= 11 is 0. The number of carbonyl (C=O) groups is 1. The van der Waals surface area contributed by atoms with Crippen molar-refractivity contribution in [1.82, 2.24) is 5.16 Å². The highest BCUT2D eigenvalue weighted by molar-refractivity contribution is 6.03. The maximum absolute atomic E-state index is 11.9. The van der Waals surface area contributed by atoms with E-state index in [1.165, 1.54) is 6.20 Å². The summed E-state index contributed by atoms with van der Waals surface area (Å²) in [4.78, 5) is 11.9. The van der Waals surface area contributed by atoms with E-state index in [4.69, 9.17) is 9.26 Å². The van der Waals surface area contributed by atoms with Crippen molar-refractivity contribution in [2.75, 3.05) is 5.32 Å². The lowest BCUT2D eigenvalue weighted by molar-refractivity contribution is 0.0987. The van der Waals surface area contributed by atoms with Crippen LogP contribution in [0, 0.1) is 6.92 Å². The van der Waals surface area contributed by atoms with Crippen molar-refractivity contribution < 1.29 is 14.1 Å². The SMILES string of the molecule is Cc1cnoc1C(=O)Nc1ccc(OC(C)C)cc1. The molecule has 1 heterocycles. The zero-order valence-electron chi connectivity index (χ0n) is 11.1. The number of carbonyl (C=O) groups excluding carboxylic acids is 1. The molecule has 1 aromatic carbocycles. The molecule has 0 saturated heterocycles. The summed E-state index contributed by atoms with van der Waals surface area (Å²) in [6.45, 7) is 5.69. The van der Waals surface area contributed by atoms with Crippen LogP contribution in [0.1, 0.15) is 30.0 Å². The van der Waals surface area contributed by atoms with E-state index in [1.54, 1.807) is 19.1 Å². The van der Waals surface area contributed by atoms with E-state index in [2.05, 4.69) is 10.5 Å². The number of hydrogen-bond donors (Lipinski definition) is 1. The number of nitrogens with zero attached hydrogens (tertiary/aromatic N) is 1. The zero-order chi connectivity index (χ0) is 13.8. The Morgan fingerprint density at radius 2 is 2.00 bits per heavy atom. The molecule has 0 aliphatic carbocycles. The van der Waals surface area contributed by atoms with Crippen LogP contribution < -0.4 is 10.1 Å². The highest BCUT2D eigenvalue weighted by atomic mass is 16.5. The van der Waals surface area contributed by atoms with E-state index in [1.807, 2.05) is 26.0 Å². The Labute approximate surface area is 111 Å². The summed E-state index contributed by atoms with van der Waals surface area (Å²) < 4.78 is 10.4. The van der Waals surface area contributed by atoms with E-state index < -0.39 is 0 Å². The minimum Gasteiger partial charge on any atom is -0.491 e. The molecular formula is C14H16N2O3. The van der Waals surface area contributed by atoms with Gasteiger partial charge in [-0.2, -0.15) is 0 Å². The van der Waals surface area contributed by atoms with Gasteiger partial charge in [-0.25, -0.2) is 0 Å². The van der Waals surface area contributed by atoms with Gasteiger partial charge in [0.15, 0.2) is 0 Å². The van der Waals surface area contributed by atoms with Gasteiger partial charge >= 0.3 is 0 Å². The van der Waals surface area contributed by atoms with Crippen LogP contribution in [0.25, 0.3) is 0 Å². The molecule has 5 nitrogen and oxygen atoms in total. The van der Waals surface area contributed by atoms with Gasteiger partial charge < -0.3 is 14.6 Å². The molecule has 0 spiro atoms. The molecule has 0 aliphatic heterocycles. The van der Waals surface area contributed by atoms with Crippen LogP contribution >= 0.6 is 0 Å². The summed E-state index contributed by atoms with van der Waals surface area (Å²) in [6, 6.07) is 7.17. The van der Waals surface area contributed by atoms with Crippen molar-refractivity contribution in [2.24, 2.45) is 0 Å². The Morgan fingerprint density at radius 1 is 1.32 bits per heavy atom. The number of ether oxygens (including phenoxy) is 1. The molecule has 0 bridgehead atoms. The average molecular weight is 260 g/mol. The lowest BCUT2D eigenvalue weighted by Gasteiger charge is -2.10. The lowest BCUT2D eigenvalue weighted by atomic mass is 10.2. The predicted molar refractivity (Wildman–Crippen MR) is 71.4 cm³/mol. The zero-order valence-corrected chi connectivity index (χ0v) is 11.1. The van der Waals surface area contributed by atoms with Crippen LogP contribution in [0.15, 0.2) is 35.0 Å². The molecule has 1 aromatic heterocycles. The number of anilines is 1. The quantitative estimate of drug-likeness (QED) is 0.917. The molecule has 0 atom stereocenters. The van der Waals surface area contributed by atoms with Gasteiger partial charge in [-0.1, -0.05) is 5.16 Å². The number of amides is 1. The molecule has 5 heteroatoms. The predicted octanol–water partition coefficient (Wildman–Crippen LogP) is 3.02. The smallest absolute Gasteiger partial charge is 0.294 e. The van der Waals surface area contributed by atoms with E-state index in [9.17, 15) is 4.79 Å². The molecule has 2 aromatic rings. The van der Waals surface area contributed by atoms with Crippen LogP contribution in [0.2, 0.25) is 0 Å². The number of rotatable bonds is 4. The normalized spacial score (nSPS) is 10.5. The van der Waals surface area contributed by atoms with Gasteiger partial charge in [0, 0.05) is 11.3 Å². The standard InChI is InChI=1S/C14H16N2O3/c1-9(2)18-12-6-4-11(5-7-12)16-14(17)13-10(3)8-15-19-13/h4-9H,1-3H3,(H,16,17). The monoisotopic (exact) mass is 260 g/mol. The van der Waals surface area contributed by atoms with Crippen molar-refractivity contribution >= 4 is 11.6 Å². The molecule has 0 fully saturated rings. The van der Waals surface area contributed by atoms with Gasteiger partial charge in [-0.05, 0) is 45.0 Å². The third-order valence-corrected chi connectivity index (χ3v) is 2.44. The second-order valence-corrected chi connectivity index (χ2v) is 4.48. The van der Waals surface area contributed by atoms with Gasteiger partial charge in [-0.15, -0.1) is 0 Å². The van der Waals surface area contributed by atoms with E-state index in [0.717, 1.165) is 5.75 Å². The number of hydrogen-bond acceptors (Lipinski definition) is 4. The third-order valence-electron chi connectivity index (χ3n) is 2.44. The second-order valence-electron chi connectivity index (χ2n) is 4.48.